The number of fused-ring (bicyclic) bond motifs is 3. The largest absolute Gasteiger partial charge is 0.382 e. The number of likely N-dealkylation sites (tertiary alicyclic amines) is 1. The van der Waals surface area contributed by atoms with Gasteiger partial charge in [0.2, 0.25) is 0 Å². The van der Waals surface area contributed by atoms with E-state index in [1.165, 1.54) is 37.9 Å². The van der Waals surface area contributed by atoms with Crippen LogP contribution in [-0.2, 0) is 6.42 Å². The molecule has 4 aromatic rings. The van der Waals surface area contributed by atoms with Crippen molar-refractivity contribution in [2.45, 2.75) is 32.1 Å². The van der Waals surface area contributed by atoms with E-state index in [9.17, 15) is 0 Å². The second kappa shape index (κ2) is 11.3. The molecule has 0 bridgehead atoms. The van der Waals surface area contributed by atoms with Crippen LogP contribution in [0.2, 0.25) is 0 Å². The molecule has 36 heavy (non-hydrogen) atoms. The second-order valence-electron chi connectivity index (χ2n) is 9.39. The van der Waals surface area contributed by atoms with Crippen LogP contribution in [-0.4, -0.2) is 53.9 Å². The average molecular weight is 483 g/mol. The molecule has 0 atom stereocenters. The highest BCUT2D eigenvalue weighted by Crippen LogP contribution is 2.32. The molecule has 1 fully saturated rings. The Bertz CT molecular complexity index is 1370. The molecule has 1 saturated heterocycles. The van der Waals surface area contributed by atoms with Gasteiger partial charge in [-0.3, -0.25) is 0 Å². The first-order chi connectivity index (χ1) is 17.7. The molecular formula is C28H34N8. The number of rotatable bonds is 9. The molecule has 0 saturated carbocycles. The first kappa shape index (κ1) is 23.9. The molecule has 5 rings (SSSR count). The van der Waals surface area contributed by atoms with E-state index in [0.29, 0.717) is 5.84 Å². The lowest BCUT2D eigenvalue weighted by Crippen LogP contribution is -2.31. The van der Waals surface area contributed by atoms with Crippen molar-refractivity contribution in [2.75, 3.05) is 38.5 Å². The Hall–Kier alpha value is -3.78. The molecule has 0 amide bonds. The smallest absolute Gasteiger partial charge is 0.155 e. The van der Waals surface area contributed by atoms with Gasteiger partial charge in [0.1, 0.15) is 5.82 Å². The Labute approximate surface area is 211 Å². The minimum absolute atomic E-state index is 0.333. The summed E-state index contributed by atoms with van der Waals surface area (Å²) in [6.45, 7) is 4.47. The molecule has 8 nitrogen and oxygen atoms in total. The molecule has 2 aromatic heterocycles. The number of benzene rings is 2. The number of nitrogens with two attached hydrogens (primary N) is 1. The monoisotopic (exact) mass is 482 g/mol. The van der Waals surface area contributed by atoms with Crippen molar-refractivity contribution in [3.05, 3.63) is 71.4 Å². The highest BCUT2D eigenvalue weighted by molar-refractivity contribution is 6.14. The van der Waals surface area contributed by atoms with Gasteiger partial charge in [0, 0.05) is 40.5 Å². The quantitative estimate of drug-likeness (QED) is 0.0989. The normalized spacial score (nSPS) is 15.3. The number of anilines is 1. The van der Waals surface area contributed by atoms with Crippen molar-refractivity contribution in [1.29, 1.82) is 0 Å². The summed E-state index contributed by atoms with van der Waals surface area (Å²) in [6.07, 6.45) is 5.89. The summed E-state index contributed by atoms with van der Waals surface area (Å²) < 4.78 is 0. The summed E-state index contributed by atoms with van der Waals surface area (Å²) in [5, 5.41) is 17.1. The van der Waals surface area contributed by atoms with Crippen molar-refractivity contribution >= 4 is 33.5 Å². The number of H-pyrrole nitrogens is 1. The minimum Gasteiger partial charge on any atom is -0.382 e. The molecule has 0 radical (unpaired) electrons. The number of aromatic amines is 1. The van der Waals surface area contributed by atoms with Gasteiger partial charge in [-0.25, -0.2) is 4.98 Å². The minimum atomic E-state index is 0.333. The van der Waals surface area contributed by atoms with E-state index in [1.54, 1.807) is 7.05 Å². The Morgan fingerprint density at radius 1 is 1.06 bits per heavy atom. The van der Waals surface area contributed by atoms with Crippen LogP contribution in [0, 0.1) is 0 Å². The number of hydrogen-bond acceptors (Lipinski definition) is 5. The third kappa shape index (κ3) is 5.54. The summed E-state index contributed by atoms with van der Waals surface area (Å²) in [7, 11) is 1.57. The van der Waals surface area contributed by atoms with Crippen LogP contribution in [0.1, 0.15) is 42.5 Å². The average Bonchev–Trinajstić information content (AvgIpc) is 3.28. The van der Waals surface area contributed by atoms with Gasteiger partial charge in [0.05, 0.1) is 12.6 Å². The maximum absolute atomic E-state index is 6.10. The lowest BCUT2D eigenvalue weighted by molar-refractivity contribution is 0.228. The van der Waals surface area contributed by atoms with Crippen molar-refractivity contribution in [3.63, 3.8) is 0 Å². The zero-order valence-corrected chi connectivity index (χ0v) is 20.9. The van der Waals surface area contributed by atoms with Gasteiger partial charge in [0.25, 0.3) is 0 Å². The van der Waals surface area contributed by atoms with E-state index in [-0.39, 0.29) is 0 Å². The maximum Gasteiger partial charge on any atom is 0.155 e. The Balaban J connectivity index is 1.45. The fraction of sp³-hybridized carbons (Fsp3) is 0.357. The van der Waals surface area contributed by atoms with E-state index in [0.717, 1.165) is 64.8 Å². The zero-order valence-electron chi connectivity index (χ0n) is 20.9. The van der Waals surface area contributed by atoms with E-state index >= 15 is 0 Å². The van der Waals surface area contributed by atoms with Gasteiger partial charge >= 0.3 is 0 Å². The molecule has 0 spiro atoms. The molecule has 1 aliphatic heterocycles. The van der Waals surface area contributed by atoms with Crippen molar-refractivity contribution < 1.29 is 0 Å². The number of amidine groups is 1. The van der Waals surface area contributed by atoms with Crippen LogP contribution >= 0.6 is 0 Å². The molecule has 0 aliphatic carbocycles. The van der Waals surface area contributed by atoms with E-state index in [2.05, 4.69) is 67.0 Å². The fourth-order valence-electron chi connectivity index (χ4n) is 5.01. The van der Waals surface area contributed by atoms with Crippen molar-refractivity contribution in [3.8, 4) is 0 Å². The van der Waals surface area contributed by atoms with Crippen molar-refractivity contribution in [1.82, 2.24) is 14.9 Å². The molecule has 0 unspecified atom stereocenters. The van der Waals surface area contributed by atoms with E-state index < -0.39 is 0 Å². The van der Waals surface area contributed by atoms with Gasteiger partial charge in [-0.1, -0.05) is 48.9 Å². The second-order valence-corrected chi connectivity index (χ2v) is 9.39. The Morgan fingerprint density at radius 2 is 1.89 bits per heavy atom. The molecular weight excluding hydrogens is 448 g/mol. The molecule has 8 heteroatoms. The topological polar surface area (TPSA) is 107 Å². The maximum atomic E-state index is 6.10. The van der Waals surface area contributed by atoms with Crippen LogP contribution in [0.5, 0.6) is 0 Å². The summed E-state index contributed by atoms with van der Waals surface area (Å²) >= 11 is 0. The zero-order chi connectivity index (χ0) is 24.7. The van der Waals surface area contributed by atoms with Crippen LogP contribution in [0.3, 0.4) is 0 Å². The Kier molecular flexibility index (Phi) is 7.52. The number of pyridine rings is 1. The number of hydrogen-bond donors (Lipinski definition) is 3. The molecule has 2 aromatic carbocycles. The summed E-state index contributed by atoms with van der Waals surface area (Å²) in [4.78, 5) is 11.2. The fourth-order valence-corrected chi connectivity index (χ4v) is 5.01. The Morgan fingerprint density at radius 3 is 2.69 bits per heavy atom. The number of aromatic nitrogens is 2. The summed E-state index contributed by atoms with van der Waals surface area (Å²) in [5.74, 6) is 1.26. The predicted octanol–water partition coefficient (Wildman–Crippen LogP) is 5.30. The number of nitrogens with zero attached hydrogens (tertiary/aromatic N) is 5. The standard InChI is InChI=1S/C28H34N8/c1-30-35-34-27(29)21-11-12-23-24(18-21)33-25-19-22(17-20-9-4-2-5-10-20)32-28(26(23)25)31-13-8-16-36-14-6-3-7-15-36/h2,4-5,9-12,18-19,33H,3,6-8,13-17H2,1H3,(H,31,32)(H2,29,30,34). The molecule has 3 heterocycles. The van der Waals surface area contributed by atoms with Gasteiger partial charge in [0.15, 0.2) is 5.84 Å². The lowest BCUT2D eigenvalue weighted by atomic mass is 10.1. The SMILES string of the molecule is CN=N/N=C(\N)c1ccc2c(c1)[nH]c1cc(Cc3ccccc3)nc(NCCCN3CCCCC3)c12. The van der Waals surface area contributed by atoms with Crippen molar-refractivity contribution in [2.24, 2.45) is 21.2 Å². The van der Waals surface area contributed by atoms with Gasteiger partial charge in [-0.15, -0.1) is 5.10 Å². The van der Waals surface area contributed by atoms with Gasteiger partial charge < -0.3 is 20.9 Å². The van der Waals surface area contributed by atoms with Crippen LogP contribution < -0.4 is 11.1 Å². The summed E-state index contributed by atoms with van der Waals surface area (Å²) in [5.41, 5.74) is 11.2. The van der Waals surface area contributed by atoms with Crippen LogP contribution in [0.25, 0.3) is 21.8 Å². The van der Waals surface area contributed by atoms with Crippen LogP contribution in [0.15, 0.2) is 70.0 Å². The third-order valence-electron chi connectivity index (χ3n) is 6.79. The first-order valence-corrected chi connectivity index (χ1v) is 12.8. The van der Waals surface area contributed by atoms with Gasteiger partial charge in [-0.05, 0) is 61.8 Å². The van der Waals surface area contributed by atoms with Crippen LogP contribution in [0.4, 0.5) is 5.82 Å². The molecule has 1 aliphatic rings. The first-order valence-electron chi connectivity index (χ1n) is 12.8. The third-order valence-corrected chi connectivity index (χ3v) is 6.79. The molecule has 186 valence electrons. The lowest BCUT2D eigenvalue weighted by Gasteiger charge is -2.26. The summed E-state index contributed by atoms with van der Waals surface area (Å²) in [6, 6.07) is 18.7. The highest BCUT2D eigenvalue weighted by atomic mass is 15.4. The number of nitrogens with one attached hydrogen (secondary N) is 2. The predicted molar refractivity (Wildman–Crippen MR) is 148 cm³/mol. The van der Waals surface area contributed by atoms with E-state index in [4.69, 9.17) is 10.7 Å². The molecule has 4 N–H and O–H groups in total. The number of piperidine rings is 1. The highest BCUT2D eigenvalue weighted by Gasteiger charge is 2.15. The van der Waals surface area contributed by atoms with Gasteiger partial charge in [-0.2, -0.15) is 5.11 Å². The van der Waals surface area contributed by atoms with E-state index in [1.807, 2.05) is 18.2 Å².